The van der Waals surface area contributed by atoms with E-state index in [-0.39, 0.29) is 5.43 Å². The van der Waals surface area contributed by atoms with Crippen LogP contribution in [0.1, 0.15) is 19.9 Å². The van der Waals surface area contributed by atoms with Crippen LogP contribution in [0, 0.1) is 0 Å². The number of aromatic nitrogens is 1. The van der Waals surface area contributed by atoms with Gasteiger partial charge in [0, 0.05) is 11.4 Å². The van der Waals surface area contributed by atoms with Crippen molar-refractivity contribution in [2.75, 3.05) is 7.11 Å². The maximum absolute atomic E-state index is 12.0. The minimum absolute atomic E-state index is 0.0463. The summed E-state index contributed by atoms with van der Waals surface area (Å²) in [4.78, 5) is 12.0. The van der Waals surface area contributed by atoms with E-state index >= 15 is 0 Å². The van der Waals surface area contributed by atoms with Gasteiger partial charge in [0.05, 0.1) is 18.8 Å². The Labute approximate surface area is 94.3 Å². The Morgan fingerprint density at radius 2 is 1.94 bits per heavy atom. The number of rotatable bonds is 2. The van der Waals surface area contributed by atoms with Crippen molar-refractivity contribution in [1.82, 2.24) is 4.57 Å². The van der Waals surface area contributed by atoms with Crippen LogP contribution >= 0.6 is 0 Å². The Kier molecular flexibility index (Phi) is 2.69. The quantitative estimate of drug-likeness (QED) is 0.774. The summed E-state index contributed by atoms with van der Waals surface area (Å²) in [7, 11) is 1.52. The second kappa shape index (κ2) is 4.00. The molecule has 2 aromatic rings. The minimum Gasteiger partial charge on any atom is -0.491 e. The molecule has 3 heteroatoms. The lowest BCUT2D eigenvalue weighted by Crippen LogP contribution is -2.13. The van der Waals surface area contributed by atoms with E-state index in [0.29, 0.717) is 17.2 Å². The molecular formula is C13H15NO2. The fourth-order valence-corrected chi connectivity index (χ4v) is 1.85. The van der Waals surface area contributed by atoms with Gasteiger partial charge in [-0.15, -0.1) is 0 Å². The zero-order valence-electron chi connectivity index (χ0n) is 9.73. The van der Waals surface area contributed by atoms with Crippen LogP contribution in [0.15, 0.2) is 35.3 Å². The van der Waals surface area contributed by atoms with Crippen LogP contribution in [0.2, 0.25) is 0 Å². The fourth-order valence-electron chi connectivity index (χ4n) is 1.85. The Morgan fingerprint density at radius 3 is 2.56 bits per heavy atom. The lowest BCUT2D eigenvalue weighted by atomic mass is 10.2. The zero-order chi connectivity index (χ0) is 11.7. The van der Waals surface area contributed by atoms with Gasteiger partial charge in [-0.2, -0.15) is 0 Å². The van der Waals surface area contributed by atoms with Gasteiger partial charge < -0.3 is 9.30 Å². The molecule has 0 amide bonds. The molecule has 0 saturated heterocycles. The van der Waals surface area contributed by atoms with Crippen molar-refractivity contribution in [1.29, 1.82) is 0 Å². The van der Waals surface area contributed by atoms with Gasteiger partial charge in [-0.1, -0.05) is 12.1 Å². The molecule has 0 saturated carbocycles. The number of benzene rings is 1. The highest BCUT2D eigenvalue weighted by atomic mass is 16.5. The molecule has 1 aromatic carbocycles. The lowest BCUT2D eigenvalue weighted by Gasteiger charge is -2.15. The van der Waals surface area contributed by atoms with Gasteiger partial charge in [-0.05, 0) is 26.0 Å². The summed E-state index contributed by atoms with van der Waals surface area (Å²) in [6, 6.07) is 7.88. The van der Waals surface area contributed by atoms with E-state index in [4.69, 9.17) is 4.74 Å². The first-order chi connectivity index (χ1) is 7.65. The largest absolute Gasteiger partial charge is 0.491 e. The summed E-state index contributed by atoms with van der Waals surface area (Å²) in [5.41, 5.74) is 0.901. The summed E-state index contributed by atoms with van der Waals surface area (Å²) in [6.45, 7) is 4.16. The van der Waals surface area contributed by atoms with Gasteiger partial charge in [-0.3, -0.25) is 4.79 Å². The molecule has 0 radical (unpaired) electrons. The predicted octanol–water partition coefficient (Wildman–Crippen LogP) is 2.59. The first-order valence-electron chi connectivity index (χ1n) is 5.33. The van der Waals surface area contributed by atoms with Crippen LogP contribution < -0.4 is 10.2 Å². The summed E-state index contributed by atoms with van der Waals surface area (Å²) in [5.74, 6) is 0.396. The van der Waals surface area contributed by atoms with Gasteiger partial charge in [-0.25, -0.2) is 0 Å². The van der Waals surface area contributed by atoms with E-state index in [1.807, 2.05) is 24.3 Å². The number of hydrogen-bond donors (Lipinski definition) is 0. The second-order valence-electron chi connectivity index (χ2n) is 4.04. The van der Waals surface area contributed by atoms with Crippen LogP contribution in [0.5, 0.6) is 5.75 Å². The van der Waals surface area contributed by atoms with Gasteiger partial charge in [0.1, 0.15) is 0 Å². The molecule has 84 valence electrons. The van der Waals surface area contributed by atoms with Crippen LogP contribution in [-0.4, -0.2) is 11.7 Å². The predicted molar refractivity (Wildman–Crippen MR) is 65.1 cm³/mol. The number of pyridine rings is 1. The van der Waals surface area contributed by atoms with E-state index in [2.05, 4.69) is 18.4 Å². The van der Waals surface area contributed by atoms with Crippen molar-refractivity contribution in [3.8, 4) is 5.75 Å². The third-order valence-corrected chi connectivity index (χ3v) is 2.68. The van der Waals surface area contributed by atoms with Crippen molar-refractivity contribution in [3.05, 3.63) is 40.7 Å². The molecule has 3 nitrogen and oxygen atoms in total. The van der Waals surface area contributed by atoms with Crippen molar-refractivity contribution in [2.24, 2.45) is 0 Å². The molecule has 0 fully saturated rings. The normalized spacial score (nSPS) is 11.0. The summed E-state index contributed by atoms with van der Waals surface area (Å²) >= 11 is 0. The third-order valence-electron chi connectivity index (χ3n) is 2.68. The van der Waals surface area contributed by atoms with Crippen LogP contribution in [0.25, 0.3) is 10.9 Å². The highest BCUT2D eigenvalue weighted by molar-refractivity contribution is 5.80. The van der Waals surface area contributed by atoms with Crippen LogP contribution in [0.3, 0.4) is 0 Å². The molecule has 0 aliphatic rings. The number of fused-ring (bicyclic) bond motifs is 1. The molecule has 1 aromatic heterocycles. The molecule has 0 atom stereocenters. The highest BCUT2D eigenvalue weighted by Gasteiger charge is 2.10. The molecule has 0 aliphatic heterocycles. The monoisotopic (exact) mass is 217 g/mol. The maximum Gasteiger partial charge on any atom is 0.231 e. The molecule has 2 rings (SSSR count). The van der Waals surface area contributed by atoms with Crippen molar-refractivity contribution in [3.63, 3.8) is 0 Å². The molecule has 16 heavy (non-hydrogen) atoms. The molecule has 1 heterocycles. The fraction of sp³-hybridized carbons (Fsp3) is 0.308. The summed E-state index contributed by atoms with van der Waals surface area (Å²) < 4.78 is 7.16. The van der Waals surface area contributed by atoms with E-state index in [0.717, 1.165) is 5.52 Å². The van der Waals surface area contributed by atoms with E-state index in [9.17, 15) is 4.79 Å². The van der Waals surface area contributed by atoms with Crippen LogP contribution in [0.4, 0.5) is 0 Å². The smallest absolute Gasteiger partial charge is 0.231 e. The van der Waals surface area contributed by atoms with Gasteiger partial charge in [0.25, 0.3) is 0 Å². The minimum atomic E-state index is -0.0463. The number of hydrogen-bond acceptors (Lipinski definition) is 2. The van der Waals surface area contributed by atoms with Crippen molar-refractivity contribution in [2.45, 2.75) is 19.9 Å². The number of nitrogens with zero attached hydrogens (tertiary/aromatic N) is 1. The van der Waals surface area contributed by atoms with Gasteiger partial charge in [0.2, 0.25) is 5.43 Å². The second-order valence-corrected chi connectivity index (χ2v) is 4.04. The van der Waals surface area contributed by atoms with Gasteiger partial charge in [0.15, 0.2) is 5.75 Å². The molecule has 0 aliphatic carbocycles. The average molecular weight is 217 g/mol. The number of ether oxygens (including phenoxy) is 1. The van der Waals surface area contributed by atoms with E-state index in [1.165, 1.54) is 7.11 Å². The zero-order valence-corrected chi connectivity index (χ0v) is 9.73. The molecule has 0 N–H and O–H groups in total. The highest BCUT2D eigenvalue weighted by Crippen LogP contribution is 2.19. The van der Waals surface area contributed by atoms with E-state index < -0.39 is 0 Å². The Morgan fingerprint density at radius 1 is 1.25 bits per heavy atom. The molecule has 0 unspecified atom stereocenters. The van der Waals surface area contributed by atoms with Crippen LogP contribution in [-0.2, 0) is 0 Å². The summed E-state index contributed by atoms with van der Waals surface area (Å²) in [5, 5.41) is 0.704. The maximum atomic E-state index is 12.0. The Balaban J connectivity index is 2.90. The van der Waals surface area contributed by atoms with E-state index in [1.54, 1.807) is 6.20 Å². The topological polar surface area (TPSA) is 31.2 Å². The number of methoxy groups -OCH3 is 1. The van der Waals surface area contributed by atoms with Crippen molar-refractivity contribution >= 4 is 10.9 Å². The Hall–Kier alpha value is -1.77. The number of para-hydroxylation sites is 1. The third kappa shape index (κ3) is 1.58. The SMILES string of the molecule is COc1cn(C(C)C)c2ccccc2c1=O. The average Bonchev–Trinajstić information content (AvgIpc) is 2.29. The molecule has 0 spiro atoms. The lowest BCUT2D eigenvalue weighted by molar-refractivity contribution is 0.404. The molecule has 0 bridgehead atoms. The first kappa shape index (κ1) is 10.7. The summed E-state index contributed by atoms with van der Waals surface area (Å²) in [6.07, 6.45) is 1.77. The van der Waals surface area contributed by atoms with Gasteiger partial charge >= 0.3 is 0 Å². The molecular weight excluding hydrogens is 202 g/mol. The first-order valence-corrected chi connectivity index (χ1v) is 5.33. The van der Waals surface area contributed by atoms with Crippen molar-refractivity contribution < 1.29 is 4.74 Å². The standard InChI is InChI=1S/C13H15NO2/c1-9(2)14-8-12(16-3)13(15)10-6-4-5-7-11(10)14/h4-9H,1-3H3. The Bertz CT molecular complexity index is 570.